The fraction of sp³-hybridized carbons (Fsp3) is 0.500. The maximum atomic E-state index is 12.0. The van der Waals surface area contributed by atoms with Crippen LogP contribution in [-0.2, 0) is 0 Å². The average molecular weight is 234 g/mol. The van der Waals surface area contributed by atoms with Gasteiger partial charge in [-0.25, -0.2) is 0 Å². The minimum atomic E-state index is -0.0500. The van der Waals surface area contributed by atoms with Gasteiger partial charge in [-0.05, 0) is 56.0 Å². The van der Waals surface area contributed by atoms with Crippen molar-refractivity contribution < 1.29 is 0 Å². The molecule has 0 amide bonds. The van der Waals surface area contributed by atoms with Crippen LogP contribution in [-0.4, -0.2) is 4.57 Å². The third-order valence-electron chi connectivity index (χ3n) is 2.79. The molecule has 0 radical (unpaired) electrons. The third-order valence-corrected chi connectivity index (χ3v) is 3.40. The molecule has 1 fully saturated rings. The number of pyridine rings is 1. The van der Waals surface area contributed by atoms with Crippen LogP contribution in [0.3, 0.4) is 0 Å². The molecule has 0 unspecified atom stereocenters. The summed E-state index contributed by atoms with van der Waals surface area (Å²) in [6.45, 7) is 3.97. The Morgan fingerprint density at radius 1 is 1.56 bits per heavy atom. The molecule has 1 aliphatic rings. The number of thioether (sulfide) groups is 1. The smallest absolute Gasteiger partial charge is 0.265 e. The van der Waals surface area contributed by atoms with Crippen LogP contribution in [0, 0.1) is 10.7 Å². The molecule has 1 aromatic heterocycles. The molecule has 84 valence electrons. The van der Waals surface area contributed by atoms with Gasteiger partial charge >= 0.3 is 0 Å². The van der Waals surface area contributed by atoms with E-state index in [1.807, 2.05) is 31.5 Å². The van der Waals surface area contributed by atoms with Crippen molar-refractivity contribution in [2.24, 2.45) is 0 Å². The number of hydrogen-bond acceptors (Lipinski definition) is 3. The van der Waals surface area contributed by atoms with E-state index in [9.17, 15) is 4.79 Å². The van der Waals surface area contributed by atoms with Gasteiger partial charge in [-0.2, -0.15) is 5.26 Å². The Bertz CT molecular complexity index is 495. The molecule has 0 atom stereocenters. The molecule has 16 heavy (non-hydrogen) atoms. The predicted molar refractivity (Wildman–Crippen MR) is 64.5 cm³/mol. The lowest BCUT2D eigenvalue weighted by atomic mass is 10.2. The van der Waals surface area contributed by atoms with Crippen LogP contribution in [0.15, 0.2) is 22.0 Å². The van der Waals surface area contributed by atoms with Crippen molar-refractivity contribution >= 4 is 11.8 Å². The van der Waals surface area contributed by atoms with Crippen LogP contribution >= 0.6 is 11.8 Å². The summed E-state index contributed by atoms with van der Waals surface area (Å²) in [6, 6.07) is 2.02. The van der Waals surface area contributed by atoms with Crippen molar-refractivity contribution in [2.45, 2.75) is 43.5 Å². The molecular weight excluding hydrogens is 220 g/mol. The van der Waals surface area contributed by atoms with Crippen molar-refractivity contribution in [3.05, 3.63) is 28.2 Å². The Morgan fingerprint density at radius 2 is 2.25 bits per heavy atom. The maximum Gasteiger partial charge on any atom is 0.265 e. The van der Waals surface area contributed by atoms with E-state index in [1.165, 1.54) is 18.4 Å². The first-order valence-electron chi connectivity index (χ1n) is 5.45. The highest BCUT2D eigenvalue weighted by molar-refractivity contribution is 8.03. The molecule has 1 heterocycles. The summed E-state index contributed by atoms with van der Waals surface area (Å²) >= 11 is 0.965. The molecule has 1 saturated carbocycles. The molecule has 0 N–H and O–H groups in total. The van der Waals surface area contributed by atoms with Crippen LogP contribution in [0.1, 0.15) is 44.2 Å². The number of hydrogen-bond donors (Lipinski definition) is 0. The van der Waals surface area contributed by atoms with Gasteiger partial charge in [0.05, 0.1) is 4.90 Å². The standard InChI is InChI=1S/C12H14N2OS/c1-8(2)14-6-10(9-3-4-9)5-11(12(14)15)16-7-13/h5-6,8-9H,3-4H2,1-2H3. The van der Waals surface area contributed by atoms with E-state index in [-0.39, 0.29) is 11.6 Å². The summed E-state index contributed by atoms with van der Waals surface area (Å²) in [7, 11) is 0. The number of thiocyanates is 1. The van der Waals surface area contributed by atoms with E-state index in [4.69, 9.17) is 5.26 Å². The van der Waals surface area contributed by atoms with Crippen LogP contribution in [0.5, 0.6) is 0 Å². The van der Waals surface area contributed by atoms with E-state index in [1.54, 1.807) is 4.57 Å². The van der Waals surface area contributed by atoms with Crippen molar-refractivity contribution in [3.63, 3.8) is 0 Å². The molecule has 1 aromatic rings. The summed E-state index contributed by atoms with van der Waals surface area (Å²) in [5.41, 5.74) is 1.15. The monoisotopic (exact) mass is 234 g/mol. The lowest BCUT2D eigenvalue weighted by Crippen LogP contribution is -2.23. The zero-order valence-electron chi connectivity index (χ0n) is 9.43. The SMILES string of the molecule is CC(C)n1cc(C2CC2)cc(SC#N)c1=O. The van der Waals surface area contributed by atoms with Crippen molar-refractivity contribution in [1.82, 2.24) is 4.57 Å². The molecule has 1 aliphatic carbocycles. The summed E-state index contributed by atoms with van der Waals surface area (Å²) in [6.07, 6.45) is 4.35. The van der Waals surface area contributed by atoms with E-state index in [0.29, 0.717) is 10.8 Å². The van der Waals surface area contributed by atoms with Gasteiger partial charge < -0.3 is 4.57 Å². The lowest BCUT2D eigenvalue weighted by Gasteiger charge is -2.13. The first-order valence-corrected chi connectivity index (χ1v) is 6.27. The Hall–Kier alpha value is -1.21. The first-order chi connectivity index (χ1) is 7.63. The van der Waals surface area contributed by atoms with Crippen molar-refractivity contribution in [3.8, 4) is 5.40 Å². The van der Waals surface area contributed by atoms with Gasteiger partial charge in [0.15, 0.2) is 0 Å². The van der Waals surface area contributed by atoms with Crippen LogP contribution in [0.4, 0.5) is 0 Å². The topological polar surface area (TPSA) is 45.8 Å². The number of aromatic nitrogens is 1. The predicted octanol–water partition coefficient (Wildman–Crippen LogP) is 2.88. The molecule has 0 aromatic carbocycles. The van der Waals surface area contributed by atoms with Crippen LogP contribution < -0.4 is 5.56 Å². The molecule has 0 bridgehead atoms. The van der Waals surface area contributed by atoms with Crippen molar-refractivity contribution in [2.75, 3.05) is 0 Å². The van der Waals surface area contributed by atoms with E-state index in [2.05, 4.69) is 0 Å². The summed E-state index contributed by atoms with van der Waals surface area (Å²) in [4.78, 5) is 12.5. The molecule has 3 nitrogen and oxygen atoms in total. The average Bonchev–Trinajstić information content (AvgIpc) is 3.04. The molecule has 4 heteroatoms. The van der Waals surface area contributed by atoms with Gasteiger partial charge in [-0.1, -0.05) is 0 Å². The molecule has 0 spiro atoms. The molecular formula is C12H14N2OS. The second-order valence-corrected chi connectivity index (χ2v) is 5.24. The maximum absolute atomic E-state index is 12.0. The Balaban J connectivity index is 2.52. The first kappa shape index (κ1) is 11.3. The zero-order valence-corrected chi connectivity index (χ0v) is 10.3. The Labute approximate surface area is 99.1 Å². The van der Waals surface area contributed by atoms with Crippen LogP contribution in [0.25, 0.3) is 0 Å². The number of nitrogens with zero attached hydrogens (tertiary/aromatic N) is 2. The quantitative estimate of drug-likeness (QED) is 0.596. The lowest BCUT2D eigenvalue weighted by molar-refractivity contribution is 0.566. The van der Waals surface area contributed by atoms with Gasteiger partial charge in [0, 0.05) is 12.2 Å². The largest absolute Gasteiger partial charge is 0.312 e. The fourth-order valence-electron chi connectivity index (χ4n) is 1.74. The minimum absolute atomic E-state index is 0.0500. The normalized spacial score (nSPS) is 15.1. The summed E-state index contributed by atoms with van der Waals surface area (Å²) in [5, 5.41) is 10.7. The highest BCUT2D eigenvalue weighted by atomic mass is 32.2. The zero-order chi connectivity index (χ0) is 11.7. The summed E-state index contributed by atoms with van der Waals surface area (Å²) < 4.78 is 1.73. The fourth-order valence-corrected chi connectivity index (χ4v) is 2.23. The third kappa shape index (κ3) is 2.14. The molecule has 2 rings (SSSR count). The number of nitriles is 1. The Kier molecular flexibility index (Phi) is 3.06. The van der Waals surface area contributed by atoms with E-state index < -0.39 is 0 Å². The minimum Gasteiger partial charge on any atom is -0.312 e. The highest BCUT2D eigenvalue weighted by Gasteiger charge is 2.25. The summed E-state index contributed by atoms with van der Waals surface area (Å²) in [5.74, 6) is 0.601. The Morgan fingerprint density at radius 3 is 2.75 bits per heavy atom. The van der Waals surface area contributed by atoms with Gasteiger partial charge in [0.25, 0.3) is 5.56 Å². The van der Waals surface area contributed by atoms with Gasteiger partial charge in [0.2, 0.25) is 0 Å². The van der Waals surface area contributed by atoms with E-state index in [0.717, 1.165) is 11.8 Å². The number of rotatable bonds is 3. The molecule has 0 aliphatic heterocycles. The van der Waals surface area contributed by atoms with Gasteiger partial charge in [-0.15, -0.1) is 0 Å². The van der Waals surface area contributed by atoms with Crippen molar-refractivity contribution in [1.29, 1.82) is 5.26 Å². The van der Waals surface area contributed by atoms with E-state index >= 15 is 0 Å². The molecule has 0 saturated heterocycles. The van der Waals surface area contributed by atoms with Gasteiger partial charge in [-0.3, -0.25) is 4.79 Å². The second-order valence-electron chi connectivity index (χ2n) is 4.41. The highest BCUT2D eigenvalue weighted by Crippen LogP contribution is 2.40. The van der Waals surface area contributed by atoms with Crippen LogP contribution in [0.2, 0.25) is 0 Å². The van der Waals surface area contributed by atoms with Gasteiger partial charge in [0.1, 0.15) is 5.40 Å². The second kappa shape index (κ2) is 4.34.